The maximum Gasteiger partial charge on any atom is 0.216 e. The molecule has 0 unspecified atom stereocenters. The zero-order valence-electron chi connectivity index (χ0n) is 12.3. The first-order chi connectivity index (χ1) is 11.6. The maximum absolute atomic E-state index is 13.6. The molecule has 0 bridgehead atoms. The molecule has 0 saturated carbocycles. The van der Waals surface area contributed by atoms with Gasteiger partial charge in [-0.05, 0) is 0 Å². The van der Waals surface area contributed by atoms with Gasteiger partial charge in [-0.1, -0.05) is 30.3 Å². The number of imidazole rings is 1. The van der Waals surface area contributed by atoms with E-state index in [1.165, 1.54) is 0 Å². The quantitative estimate of drug-likeness (QED) is 0.575. The number of anilines is 1. The summed E-state index contributed by atoms with van der Waals surface area (Å²) in [5.41, 5.74) is 8.47. The highest BCUT2D eigenvalue weighted by Crippen LogP contribution is 2.33. The van der Waals surface area contributed by atoms with Crippen LogP contribution < -0.4 is 5.73 Å². The number of nitrogens with zero attached hydrogens (tertiary/aromatic N) is 4. The van der Waals surface area contributed by atoms with Crippen molar-refractivity contribution in [1.29, 1.82) is 0 Å². The third-order valence-corrected chi connectivity index (χ3v) is 3.65. The van der Waals surface area contributed by atoms with Gasteiger partial charge >= 0.3 is 0 Å². The van der Waals surface area contributed by atoms with Gasteiger partial charge in [-0.25, -0.2) is 9.97 Å². The molecule has 0 saturated heterocycles. The number of benzene rings is 1. The second-order valence-electron chi connectivity index (χ2n) is 5.18. The van der Waals surface area contributed by atoms with E-state index in [9.17, 15) is 8.78 Å². The van der Waals surface area contributed by atoms with Gasteiger partial charge in [0.25, 0.3) is 0 Å². The third kappa shape index (κ3) is 2.26. The number of halogens is 2. The second-order valence-corrected chi connectivity index (χ2v) is 5.18. The summed E-state index contributed by atoms with van der Waals surface area (Å²) in [5.74, 6) is -1.58. The molecule has 0 aliphatic rings. The number of hydrogen-bond acceptors (Lipinski definition) is 4. The summed E-state index contributed by atoms with van der Waals surface area (Å²) in [7, 11) is 0. The average molecular weight is 323 g/mol. The van der Waals surface area contributed by atoms with Crippen LogP contribution in [0.25, 0.3) is 28.2 Å². The van der Waals surface area contributed by atoms with E-state index < -0.39 is 11.9 Å². The Bertz CT molecular complexity index is 1020. The molecule has 4 aromatic rings. The molecule has 1 aromatic carbocycles. The van der Waals surface area contributed by atoms with Crippen molar-refractivity contribution in [3.63, 3.8) is 0 Å². The number of fused-ring (bicyclic) bond motifs is 1. The molecule has 3 aromatic heterocycles. The molecular formula is C17H11F2N5. The highest BCUT2D eigenvalue weighted by atomic mass is 19.1. The van der Waals surface area contributed by atoms with Gasteiger partial charge in [0.15, 0.2) is 11.5 Å². The molecule has 0 atom stereocenters. The molecule has 5 nitrogen and oxygen atoms in total. The average Bonchev–Trinajstić information content (AvgIpc) is 3.04. The summed E-state index contributed by atoms with van der Waals surface area (Å²) in [6, 6.07) is 11.6. The Morgan fingerprint density at radius 3 is 2.33 bits per heavy atom. The monoisotopic (exact) mass is 323 g/mol. The molecule has 0 radical (unpaired) electrons. The first-order valence-electron chi connectivity index (χ1n) is 7.15. The van der Waals surface area contributed by atoms with Crippen molar-refractivity contribution in [3.05, 3.63) is 66.8 Å². The minimum absolute atomic E-state index is 0.234. The van der Waals surface area contributed by atoms with Gasteiger partial charge in [0, 0.05) is 35.7 Å². The summed E-state index contributed by atoms with van der Waals surface area (Å²) in [5, 5.41) is 0. The summed E-state index contributed by atoms with van der Waals surface area (Å²) < 4.78 is 28.9. The molecule has 7 heteroatoms. The van der Waals surface area contributed by atoms with Crippen LogP contribution in [0.2, 0.25) is 0 Å². The Kier molecular flexibility index (Phi) is 3.19. The predicted molar refractivity (Wildman–Crippen MR) is 86.0 cm³/mol. The van der Waals surface area contributed by atoms with Crippen LogP contribution in [-0.4, -0.2) is 19.4 Å². The number of nitrogen functional groups attached to an aromatic ring is 1. The second kappa shape index (κ2) is 5.38. The lowest BCUT2D eigenvalue weighted by Crippen LogP contribution is -2.04. The number of rotatable bonds is 2. The van der Waals surface area contributed by atoms with Crippen molar-refractivity contribution >= 4 is 11.5 Å². The predicted octanol–water partition coefficient (Wildman–Crippen LogP) is 3.32. The largest absolute Gasteiger partial charge is 0.381 e. The van der Waals surface area contributed by atoms with E-state index in [-0.39, 0.29) is 5.82 Å². The normalized spacial score (nSPS) is 11.1. The number of nitrogens with two attached hydrogens (primary N) is 1. The lowest BCUT2D eigenvalue weighted by Gasteiger charge is -2.13. The van der Waals surface area contributed by atoms with Crippen LogP contribution in [0.15, 0.2) is 54.9 Å². The molecule has 3 heterocycles. The van der Waals surface area contributed by atoms with E-state index in [0.29, 0.717) is 22.6 Å². The highest BCUT2D eigenvalue weighted by molar-refractivity contribution is 5.82. The van der Waals surface area contributed by atoms with Gasteiger partial charge in [-0.2, -0.15) is 13.8 Å². The van der Waals surface area contributed by atoms with Crippen molar-refractivity contribution in [1.82, 2.24) is 19.4 Å². The number of hydrogen-bond donors (Lipinski definition) is 1. The Hall–Kier alpha value is -3.35. The number of pyridine rings is 1. The lowest BCUT2D eigenvalue weighted by atomic mass is 10.0. The van der Waals surface area contributed by atoms with E-state index in [1.54, 1.807) is 16.8 Å². The van der Waals surface area contributed by atoms with E-state index >= 15 is 0 Å². The zero-order valence-corrected chi connectivity index (χ0v) is 12.3. The number of aromatic nitrogens is 4. The molecule has 0 amide bonds. The van der Waals surface area contributed by atoms with Crippen LogP contribution in [-0.2, 0) is 0 Å². The molecule has 118 valence electrons. The highest BCUT2D eigenvalue weighted by Gasteiger charge is 2.18. The first-order valence-corrected chi connectivity index (χ1v) is 7.15. The van der Waals surface area contributed by atoms with Crippen molar-refractivity contribution in [2.45, 2.75) is 0 Å². The first kappa shape index (κ1) is 14.3. The zero-order chi connectivity index (χ0) is 16.7. The van der Waals surface area contributed by atoms with Gasteiger partial charge in [-0.3, -0.25) is 4.40 Å². The van der Waals surface area contributed by atoms with Gasteiger partial charge in [0.2, 0.25) is 11.9 Å². The maximum atomic E-state index is 13.6. The Morgan fingerprint density at radius 1 is 0.917 bits per heavy atom. The molecule has 0 aliphatic carbocycles. The fourth-order valence-corrected chi connectivity index (χ4v) is 2.69. The summed E-state index contributed by atoms with van der Waals surface area (Å²) in [6.07, 6.45) is 3.23. The van der Waals surface area contributed by atoms with Crippen molar-refractivity contribution in [2.75, 3.05) is 5.73 Å². The van der Waals surface area contributed by atoms with Gasteiger partial charge in [-0.15, -0.1) is 0 Å². The Balaban J connectivity index is 2.12. The van der Waals surface area contributed by atoms with Crippen LogP contribution in [0.4, 0.5) is 14.6 Å². The minimum Gasteiger partial charge on any atom is -0.381 e. The summed E-state index contributed by atoms with van der Waals surface area (Å²) in [6.45, 7) is 0. The Morgan fingerprint density at radius 2 is 1.62 bits per heavy atom. The van der Waals surface area contributed by atoms with Crippen LogP contribution in [0.1, 0.15) is 0 Å². The van der Waals surface area contributed by atoms with Crippen molar-refractivity contribution in [3.8, 4) is 22.5 Å². The molecule has 24 heavy (non-hydrogen) atoms. The van der Waals surface area contributed by atoms with Gasteiger partial charge in [0.05, 0.1) is 11.4 Å². The molecule has 0 fully saturated rings. The molecule has 0 spiro atoms. The summed E-state index contributed by atoms with van der Waals surface area (Å²) >= 11 is 0. The smallest absolute Gasteiger partial charge is 0.216 e. The van der Waals surface area contributed by atoms with Crippen molar-refractivity contribution in [2.24, 2.45) is 0 Å². The molecule has 0 aliphatic heterocycles. The molecule has 4 rings (SSSR count). The summed E-state index contributed by atoms with van der Waals surface area (Å²) in [4.78, 5) is 11.7. The van der Waals surface area contributed by atoms with Crippen LogP contribution in [0.3, 0.4) is 0 Å². The standard InChI is InChI=1S/C17H11F2N5/c18-12-8-11(9-13(19)22-12)15-14(10-4-2-1-3-5-10)23-16(20)17-21-6-7-24(15)17/h1-9H,(H2,20,23). The van der Waals surface area contributed by atoms with E-state index in [1.807, 2.05) is 30.3 Å². The minimum atomic E-state index is -0.908. The van der Waals surface area contributed by atoms with E-state index in [0.717, 1.165) is 17.7 Å². The van der Waals surface area contributed by atoms with E-state index in [2.05, 4.69) is 15.0 Å². The Labute approximate surface area is 135 Å². The van der Waals surface area contributed by atoms with Gasteiger partial charge in [0.1, 0.15) is 0 Å². The van der Waals surface area contributed by atoms with Crippen LogP contribution >= 0.6 is 0 Å². The lowest BCUT2D eigenvalue weighted by molar-refractivity contribution is 0.513. The van der Waals surface area contributed by atoms with Gasteiger partial charge < -0.3 is 5.73 Å². The van der Waals surface area contributed by atoms with E-state index in [4.69, 9.17) is 5.73 Å². The molecular weight excluding hydrogens is 312 g/mol. The molecule has 2 N–H and O–H groups in total. The van der Waals surface area contributed by atoms with Crippen LogP contribution in [0, 0.1) is 11.9 Å². The van der Waals surface area contributed by atoms with Crippen LogP contribution in [0.5, 0.6) is 0 Å². The SMILES string of the molecule is Nc1nc(-c2ccccc2)c(-c2cc(F)nc(F)c2)n2ccnc12. The third-order valence-electron chi connectivity index (χ3n) is 3.65. The topological polar surface area (TPSA) is 69.1 Å². The fraction of sp³-hybridized carbons (Fsp3) is 0. The fourth-order valence-electron chi connectivity index (χ4n) is 2.69. The van der Waals surface area contributed by atoms with Crippen molar-refractivity contribution < 1.29 is 8.78 Å².